The maximum Gasteiger partial charge on any atom is 0.260 e. The van der Waals surface area contributed by atoms with Crippen LogP contribution >= 0.6 is 0 Å². The Kier molecular flexibility index (Phi) is 6.99. The molecule has 0 bridgehead atoms. The van der Waals surface area contributed by atoms with Crippen LogP contribution in [0.3, 0.4) is 0 Å². The highest BCUT2D eigenvalue weighted by Crippen LogP contribution is 2.16. The maximum absolute atomic E-state index is 13.1. The van der Waals surface area contributed by atoms with Crippen molar-refractivity contribution in [2.75, 3.05) is 39.4 Å². The number of ether oxygens (including phenoxy) is 1. The van der Waals surface area contributed by atoms with Gasteiger partial charge in [-0.1, -0.05) is 19.9 Å². The minimum Gasteiger partial charge on any atom is -0.484 e. The molecule has 1 amide bonds. The van der Waals surface area contributed by atoms with Crippen molar-refractivity contribution in [3.05, 3.63) is 30.1 Å². The number of hydrogen-bond acceptors (Lipinski definition) is 4. The molecule has 1 fully saturated rings. The molecular formula is C18H27FN2O3. The zero-order valence-electron chi connectivity index (χ0n) is 14.4. The Hall–Kier alpha value is -1.66. The Bertz CT molecular complexity index is 539. The SMILES string of the molecule is CC(C)CN1CCN(C(=O)COc2cccc(F)c2)CC1CCO. The second kappa shape index (κ2) is 8.99. The highest BCUT2D eigenvalue weighted by atomic mass is 19.1. The average molecular weight is 338 g/mol. The molecule has 1 aromatic carbocycles. The van der Waals surface area contributed by atoms with Gasteiger partial charge in [-0.05, 0) is 24.5 Å². The quantitative estimate of drug-likeness (QED) is 0.823. The molecule has 1 aromatic rings. The second-order valence-electron chi connectivity index (χ2n) is 6.64. The number of amides is 1. The van der Waals surface area contributed by atoms with Crippen LogP contribution in [0.4, 0.5) is 4.39 Å². The Morgan fingerprint density at radius 2 is 2.21 bits per heavy atom. The summed E-state index contributed by atoms with van der Waals surface area (Å²) in [5.74, 6) is 0.412. The third-order valence-electron chi connectivity index (χ3n) is 4.18. The molecule has 1 saturated heterocycles. The lowest BCUT2D eigenvalue weighted by Gasteiger charge is -2.42. The van der Waals surface area contributed by atoms with Crippen LogP contribution in [0, 0.1) is 11.7 Å². The summed E-state index contributed by atoms with van der Waals surface area (Å²) in [6, 6.07) is 5.96. The van der Waals surface area contributed by atoms with Crippen LogP contribution in [0.1, 0.15) is 20.3 Å². The lowest BCUT2D eigenvalue weighted by Crippen LogP contribution is -2.56. The fraction of sp³-hybridized carbons (Fsp3) is 0.611. The number of carbonyl (C=O) groups is 1. The molecule has 1 aliphatic heterocycles. The predicted molar refractivity (Wildman–Crippen MR) is 90.4 cm³/mol. The minimum atomic E-state index is -0.384. The fourth-order valence-corrected chi connectivity index (χ4v) is 3.04. The van der Waals surface area contributed by atoms with Crippen molar-refractivity contribution in [3.63, 3.8) is 0 Å². The number of carbonyl (C=O) groups excluding carboxylic acids is 1. The summed E-state index contributed by atoms with van der Waals surface area (Å²) in [5, 5.41) is 9.28. The summed E-state index contributed by atoms with van der Waals surface area (Å²) < 4.78 is 18.5. The van der Waals surface area contributed by atoms with Gasteiger partial charge in [0.1, 0.15) is 11.6 Å². The van der Waals surface area contributed by atoms with E-state index in [-0.39, 0.29) is 31.0 Å². The normalized spacial score (nSPS) is 18.9. The molecule has 1 N–H and O–H groups in total. The zero-order chi connectivity index (χ0) is 17.5. The van der Waals surface area contributed by atoms with E-state index >= 15 is 0 Å². The van der Waals surface area contributed by atoms with Crippen molar-refractivity contribution in [1.29, 1.82) is 0 Å². The molecule has 0 saturated carbocycles. The molecule has 5 nitrogen and oxygen atoms in total. The van der Waals surface area contributed by atoms with Crippen LogP contribution in [0.25, 0.3) is 0 Å². The molecule has 0 spiro atoms. The fourth-order valence-electron chi connectivity index (χ4n) is 3.04. The van der Waals surface area contributed by atoms with Crippen LogP contribution in [0.5, 0.6) is 5.75 Å². The number of aliphatic hydroxyl groups excluding tert-OH is 1. The van der Waals surface area contributed by atoms with Gasteiger partial charge in [0.15, 0.2) is 6.61 Å². The number of nitrogens with zero attached hydrogens (tertiary/aromatic N) is 2. The maximum atomic E-state index is 13.1. The Morgan fingerprint density at radius 3 is 2.88 bits per heavy atom. The molecule has 6 heteroatoms. The third-order valence-corrected chi connectivity index (χ3v) is 4.18. The van der Waals surface area contributed by atoms with Gasteiger partial charge in [0.2, 0.25) is 0 Å². The first-order chi connectivity index (χ1) is 11.5. The van der Waals surface area contributed by atoms with E-state index in [1.54, 1.807) is 17.0 Å². The van der Waals surface area contributed by atoms with E-state index in [1.807, 2.05) is 0 Å². The number of aliphatic hydroxyl groups is 1. The van der Waals surface area contributed by atoms with Gasteiger partial charge in [-0.25, -0.2) is 4.39 Å². The van der Waals surface area contributed by atoms with Crippen LogP contribution in [0.2, 0.25) is 0 Å². The van der Waals surface area contributed by atoms with Gasteiger partial charge in [-0.2, -0.15) is 0 Å². The standard InChI is InChI=1S/C18H27FN2O3/c1-14(2)11-20-7-8-21(12-16(20)6-9-22)18(23)13-24-17-5-3-4-15(19)10-17/h3-5,10,14,16,22H,6-9,11-13H2,1-2H3. The van der Waals surface area contributed by atoms with E-state index in [1.165, 1.54) is 12.1 Å². The van der Waals surface area contributed by atoms with E-state index in [4.69, 9.17) is 4.74 Å². The number of rotatable bonds is 7. The lowest BCUT2D eigenvalue weighted by atomic mass is 10.1. The average Bonchev–Trinajstić information content (AvgIpc) is 2.54. The number of benzene rings is 1. The van der Waals surface area contributed by atoms with Gasteiger partial charge in [0.25, 0.3) is 5.91 Å². The molecule has 134 valence electrons. The summed E-state index contributed by atoms with van der Waals surface area (Å²) in [6.07, 6.45) is 0.654. The Balaban J connectivity index is 1.88. The number of halogens is 1. The molecule has 1 atom stereocenters. The summed E-state index contributed by atoms with van der Waals surface area (Å²) in [6.45, 7) is 7.36. The van der Waals surface area contributed by atoms with Crippen molar-refractivity contribution >= 4 is 5.91 Å². The van der Waals surface area contributed by atoms with E-state index in [0.29, 0.717) is 31.2 Å². The smallest absolute Gasteiger partial charge is 0.260 e. The van der Waals surface area contributed by atoms with E-state index in [0.717, 1.165) is 13.1 Å². The number of hydrogen-bond donors (Lipinski definition) is 1. The van der Waals surface area contributed by atoms with Crippen LogP contribution in [-0.4, -0.2) is 66.2 Å². The molecular weight excluding hydrogens is 311 g/mol. The summed E-state index contributed by atoms with van der Waals surface area (Å²) >= 11 is 0. The Morgan fingerprint density at radius 1 is 1.42 bits per heavy atom. The highest BCUT2D eigenvalue weighted by molar-refractivity contribution is 5.78. The second-order valence-corrected chi connectivity index (χ2v) is 6.64. The lowest BCUT2D eigenvalue weighted by molar-refractivity contribution is -0.136. The molecule has 1 aliphatic rings. The first kappa shape index (κ1) is 18.7. The summed E-state index contributed by atoms with van der Waals surface area (Å²) in [5.41, 5.74) is 0. The van der Waals surface area contributed by atoms with Gasteiger partial charge < -0.3 is 14.7 Å². The summed E-state index contributed by atoms with van der Waals surface area (Å²) in [4.78, 5) is 16.5. The van der Waals surface area contributed by atoms with E-state index < -0.39 is 0 Å². The van der Waals surface area contributed by atoms with Gasteiger partial charge in [-0.15, -0.1) is 0 Å². The van der Waals surface area contributed by atoms with Crippen molar-refractivity contribution < 1.29 is 19.0 Å². The zero-order valence-corrected chi connectivity index (χ0v) is 14.4. The van der Waals surface area contributed by atoms with Crippen LogP contribution in [0.15, 0.2) is 24.3 Å². The third kappa shape index (κ3) is 5.46. The number of piperazine rings is 1. The molecule has 0 aromatic heterocycles. The van der Waals surface area contributed by atoms with Crippen LogP contribution in [-0.2, 0) is 4.79 Å². The van der Waals surface area contributed by atoms with E-state index in [9.17, 15) is 14.3 Å². The van der Waals surface area contributed by atoms with Crippen molar-refractivity contribution in [3.8, 4) is 5.75 Å². The van der Waals surface area contributed by atoms with Gasteiger partial charge in [-0.3, -0.25) is 9.69 Å². The Labute approximate surface area is 143 Å². The molecule has 0 aliphatic carbocycles. The minimum absolute atomic E-state index is 0.0977. The molecule has 1 unspecified atom stereocenters. The monoisotopic (exact) mass is 338 g/mol. The molecule has 24 heavy (non-hydrogen) atoms. The first-order valence-electron chi connectivity index (χ1n) is 8.50. The molecule has 2 rings (SSSR count). The van der Waals surface area contributed by atoms with Crippen molar-refractivity contribution in [2.45, 2.75) is 26.3 Å². The van der Waals surface area contributed by atoms with Gasteiger partial charge in [0, 0.05) is 44.9 Å². The van der Waals surface area contributed by atoms with Crippen molar-refractivity contribution in [2.24, 2.45) is 5.92 Å². The van der Waals surface area contributed by atoms with E-state index in [2.05, 4.69) is 18.7 Å². The predicted octanol–water partition coefficient (Wildman–Crippen LogP) is 1.76. The first-order valence-corrected chi connectivity index (χ1v) is 8.50. The van der Waals surface area contributed by atoms with Crippen molar-refractivity contribution in [1.82, 2.24) is 9.80 Å². The van der Waals surface area contributed by atoms with Gasteiger partial charge >= 0.3 is 0 Å². The van der Waals surface area contributed by atoms with Crippen LogP contribution < -0.4 is 4.74 Å². The molecule has 0 radical (unpaired) electrons. The van der Waals surface area contributed by atoms with Gasteiger partial charge in [0.05, 0.1) is 0 Å². The topological polar surface area (TPSA) is 53.0 Å². The molecule has 1 heterocycles. The highest BCUT2D eigenvalue weighted by Gasteiger charge is 2.29. The largest absolute Gasteiger partial charge is 0.484 e. The summed E-state index contributed by atoms with van der Waals surface area (Å²) in [7, 11) is 0.